The molecule has 1 atom stereocenters. The summed E-state index contributed by atoms with van der Waals surface area (Å²) in [7, 11) is 0. The van der Waals surface area contributed by atoms with Gasteiger partial charge in [0.05, 0.1) is 29.4 Å². The summed E-state index contributed by atoms with van der Waals surface area (Å²) in [6.07, 6.45) is 6.99. The number of nitrogens with one attached hydrogen (secondary N) is 1. The number of hydrogen-bond donors (Lipinski definition) is 1. The highest BCUT2D eigenvalue weighted by molar-refractivity contribution is 6.09. The molecule has 0 spiro atoms. The molecule has 2 aliphatic heterocycles. The Kier molecular flexibility index (Phi) is 11.4. The van der Waals surface area contributed by atoms with E-state index in [9.17, 15) is 9.59 Å². The van der Waals surface area contributed by atoms with Gasteiger partial charge in [-0.2, -0.15) is 0 Å². The van der Waals surface area contributed by atoms with Crippen molar-refractivity contribution in [1.82, 2.24) is 20.1 Å². The third-order valence-corrected chi connectivity index (χ3v) is 9.76. The minimum Gasteiger partial charge on any atom is -0.482 e. The molecule has 4 aromatic rings. The van der Waals surface area contributed by atoms with Gasteiger partial charge in [-0.15, -0.1) is 0 Å². The van der Waals surface area contributed by atoms with Crippen molar-refractivity contribution in [2.75, 3.05) is 39.4 Å². The van der Waals surface area contributed by atoms with Crippen molar-refractivity contribution >= 4 is 22.8 Å². The first kappa shape index (κ1) is 33.6. The van der Waals surface area contributed by atoms with Crippen LogP contribution in [0.1, 0.15) is 79.9 Å². The topological polar surface area (TPSA) is 84.0 Å². The van der Waals surface area contributed by atoms with Gasteiger partial charge in [0, 0.05) is 35.2 Å². The summed E-state index contributed by atoms with van der Waals surface area (Å²) >= 11 is 0. The lowest BCUT2D eigenvalue weighted by Gasteiger charge is -2.40. The number of aromatic nitrogens is 1. The molecule has 6 rings (SSSR count). The third kappa shape index (κ3) is 8.05. The first-order valence-corrected chi connectivity index (χ1v) is 17.7. The molecule has 48 heavy (non-hydrogen) atoms. The maximum atomic E-state index is 14.6. The lowest BCUT2D eigenvalue weighted by atomic mass is 9.93. The van der Waals surface area contributed by atoms with Gasteiger partial charge in [-0.25, -0.2) is 9.78 Å². The molecular formula is C40H48N4O4. The van der Waals surface area contributed by atoms with Gasteiger partial charge in [-0.1, -0.05) is 74.0 Å². The Bertz CT molecular complexity index is 1670. The van der Waals surface area contributed by atoms with Crippen LogP contribution in [0.4, 0.5) is 0 Å². The second-order valence-corrected chi connectivity index (χ2v) is 12.9. The molecule has 8 heteroatoms. The van der Waals surface area contributed by atoms with E-state index in [0.717, 1.165) is 60.1 Å². The second kappa shape index (κ2) is 16.2. The summed E-state index contributed by atoms with van der Waals surface area (Å²) in [5.74, 6) is -0.0492. The zero-order valence-electron chi connectivity index (χ0n) is 28.3. The van der Waals surface area contributed by atoms with E-state index in [1.165, 1.54) is 32.4 Å². The highest BCUT2D eigenvalue weighted by Gasteiger charge is 2.29. The maximum Gasteiger partial charge on any atom is 0.344 e. The second-order valence-electron chi connectivity index (χ2n) is 12.9. The molecule has 0 aliphatic carbocycles. The largest absolute Gasteiger partial charge is 0.482 e. The van der Waals surface area contributed by atoms with Crippen molar-refractivity contribution in [2.45, 2.75) is 71.0 Å². The minimum atomic E-state index is -0.429. The number of ether oxygens (including phenoxy) is 2. The fourth-order valence-corrected chi connectivity index (χ4v) is 7.25. The number of amides is 1. The number of fused-ring (bicyclic) bond motifs is 1. The van der Waals surface area contributed by atoms with Crippen LogP contribution in [0.3, 0.4) is 0 Å². The van der Waals surface area contributed by atoms with Crippen molar-refractivity contribution in [3.8, 4) is 17.0 Å². The van der Waals surface area contributed by atoms with Gasteiger partial charge in [0.25, 0.3) is 5.91 Å². The van der Waals surface area contributed by atoms with Crippen LogP contribution in [-0.2, 0) is 16.1 Å². The highest BCUT2D eigenvalue weighted by atomic mass is 16.6. The van der Waals surface area contributed by atoms with E-state index in [1.54, 1.807) is 6.92 Å². The van der Waals surface area contributed by atoms with Crippen LogP contribution < -0.4 is 10.1 Å². The summed E-state index contributed by atoms with van der Waals surface area (Å²) in [6, 6.07) is 26.3. The molecule has 1 N–H and O–H groups in total. The number of rotatable bonds is 12. The van der Waals surface area contributed by atoms with Crippen LogP contribution in [0.15, 0.2) is 78.9 Å². The Morgan fingerprint density at radius 1 is 0.896 bits per heavy atom. The average Bonchev–Trinajstić information content (AvgIpc) is 3.14. The summed E-state index contributed by atoms with van der Waals surface area (Å²) in [5.41, 5.74) is 5.04. The number of benzene rings is 3. The third-order valence-electron chi connectivity index (χ3n) is 9.76. The molecule has 0 bridgehead atoms. The monoisotopic (exact) mass is 648 g/mol. The lowest BCUT2D eigenvalue weighted by Crippen LogP contribution is -2.46. The zero-order valence-corrected chi connectivity index (χ0v) is 28.3. The van der Waals surface area contributed by atoms with Crippen molar-refractivity contribution < 1.29 is 19.1 Å². The van der Waals surface area contributed by atoms with Gasteiger partial charge < -0.3 is 19.7 Å². The van der Waals surface area contributed by atoms with E-state index in [2.05, 4.69) is 46.3 Å². The van der Waals surface area contributed by atoms with Crippen LogP contribution in [0.25, 0.3) is 22.2 Å². The molecule has 3 aromatic carbocycles. The van der Waals surface area contributed by atoms with Gasteiger partial charge in [-0.3, -0.25) is 9.69 Å². The van der Waals surface area contributed by atoms with E-state index >= 15 is 0 Å². The molecule has 8 nitrogen and oxygen atoms in total. The van der Waals surface area contributed by atoms with Crippen LogP contribution in [0, 0.1) is 0 Å². The number of piperidine rings is 2. The molecule has 3 heterocycles. The SMILES string of the molecule is CCOC(=O)COc1ccc2c(C(=O)NC(CC)c3ccccc3)c(CN3CCC(N4CCCCC4)CC3)c(-c3ccccc3)nc2c1. The number of carbonyl (C=O) groups excluding carboxylic acids is 2. The Labute approximate surface area is 284 Å². The van der Waals surface area contributed by atoms with E-state index in [1.807, 2.05) is 54.6 Å². The molecule has 2 saturated heterocycles. The Morgan fingerprint density at radius 3 is 2.29 bits per heavy atom. The number of hydrogen-bond acceptors (Lipinski definition) is 7. The predicted octanol–water partition coefficient (Wildman–Crippen LogP) is 7.18. The predicted molar refractivity (Wildman–Crippen MR) is 190 cm³/mol. The molecule has 1 unspecified atom stereocenters. The first-order valence-electron chi connectivity index (χ1n) is 17.7. The highest BCUT2D eigenvalue weighted by Crippen LogP contribution is 2.34. The molecule has 0 radical (unpaired) electrons. The Balaban J connectivity index is 1.39. The van der Waals surface area contributed by atoms with Crippen molar-refractivity contribution in [1.29, 1.82) is 0 Å². The van der Waals surface area contributed by atoms with Crippen molar-refractivity contribution in [3.05, 3.63) is 95.6 Å². The van der Waals surface area contributed by atoms with Gasteiger partial charge in [-0.05, 0) is 82.9 Å². The van der Waals surface area contributed by atoms with Gasteiger partial charge in [0.15, 0.2) is 6.61 Å². The standard InChI is InChI=1S/C40H48N4O4/c1-3-35(29-14-8-5-9-15-29)42-40(46)38-33-19-18-32(48-28-37(45)47-4-2)26-36(33)41-39(30-16-10-6-11-17-30)34(38)27-43-24-20-31(21-25-43)44-22-12-7-13-23-44/h5-6,8-11,14-19,26,31,35H,3-4,7,12-13,20-25,27-28H2,1-2H3,(H,42,46). The fraction of sp³-hybridized carbons (Fsp3) is 0.425. The van der Waals surface area contributed by atoms with Gasteiger partial charge >= 0.3 is 5.97 Å². The van der Waals surface area contributed by atoms with E-state index in [4.69, 9.17) is 14.5 Å². The average molecular weight is 649 g/mol. The number of nitrogens with zero attached hydrogens (tertiary/aromatic N) is 3. The minimum absolute atomic E-state index is 0.117. The van der Waals surface area contributed by atoms with Crippen LogP contribution in [0.2, 0.25) is 0 Å². The normalized spacial score (nSPS) is 16.8. The van der Waals surface area contributed by atoms with Gasteiger partial charge in [0.2, 0.25) is 0 Å². The quantitative estimate of drug-likeness (QED) is 0.163. The Morgan fingerprint density at radius 2 is 1.60 bits per heavy atom. The van der Waals surface area contributed by atoms with Crippen molar-refractivity contribution in [3.63, 3.8) is 0 Å². The first-order chi connectivity index (χ1) is 23.5. The summed E-state index contributed by atoms with van der Waals surface area (Å²) < 4.78 is 10.9. The fourth-order valence-electron chi connectivity index (χ4n) is 7.25. The molecule has 252 valence electrons. The number of esters is 1. The molecule has 2 fully saturated rings. The molecule has 2 aliphatic rings. The van der Waals surface area contributed by atoms with E-state index < -0.39 is 5.97 Å². The maximum absolute atomic E-state index is 14.6. The lowest BCUT2D eigenvalue weighted by molar-refractivity contribution is -0.145. The number of likely N-dealkylation sites (tertiary alicyclic amines) is 2. The molecule has 1 aromatic heterocycles. The summed E-state index contributed by atoms with van der Waals surface area (Å²) in [6.45, 7) is 8.99. The summed E-state index contributed by atoms with van der Waals surface area (Å²) in [4.78, 5) is 37.1. The number of pyridine rings is 1. The zero-order chi connectivity index (χ0) is 33.3. The molecule has 0 saturated carbocycles. The van der Waals surface area contributed by atoms with Crippen LogP contribution >= 0.6 is 0 Å². The van der Waals surface area contributed by atoms with Crippen LogP contribution in [-0.4, -0.2) is 72.1 Å². The van der Waals surface area contributed by atoms with Crippen molar-refractivity contribution in [2.24, 2.45) is 0 Å². The smallest absolute Gasteiger partial charge is 0.344 e. The number of carbonyl (C=O) groups is 2. The van der Waals surface area contributed by atoms with Crippen LogP contribution in [0.5, 0.6) is 5.75 Å². The summed E-state index contributed by atoms with van der Waals surface area (Å²) in [5, 5.41) is 4.14. The molecular weight excluding hydrogens is 600 g/mol. The molecule has 1 amide bonds. The Hall–Kier alpha value is -4.27. The van der Waals surface area contributed by atoms with E-state index in [0.29, 0.717) is 36.0 Å². The van der Waals surface area contributed by atoms with Gasteiger partial charge in [0.1, 0.15) is 5.75 Å². The van der Waals surface area contributed by atoms with E-state index in [-0.39, 0.29) is 18.6 Å².